The highest BCUT2D eigenvalue weighted by Crippen LogP contribution is 2.32. The third-order valence-electron chi connectivity index (χ3n) is 3.15. The second-order valence-electron chi connectivity index (χ2n) is 4.51. The predicted molar refractivity (Wildman–Crippen MR) is 92.3 cm³/mol. The van der Waals surface area contributed by atoms with Crippen molar-refractivity contribution in [2.75, 3.05) is 18.7 Å². The van der Waals surface area contributed by atoms with Crippen molar-refractivity contribution in [3.63, 3.8) is 0 Å². The number of nitrogens with zero attached hydrogens (tertiary/aromatic N) is 1. The molecule has 1 heterocycles. The van der Waals surface area contributed by atoms with Crippen molar-refractivity contribution >= 4 is 44.4 Å². The number of methoxy groups -OCH3 is 1. The van der Waals surface area contributed by atoms with E-state index < -0.39 is 0 Å². The van der Waals surface area contributed by atoms with Crippen molar-refractivity contribution in [2.24, 2.45) is 0 Å². The van der Waals surface area contributed by atoms with Gasteiger partial charge < -0.3 is 4.74 Å². The average Bonchev–Trinajstić information content (AvgIpc) is 2.97. The molecule has 0 aliphatic heterocycles. The van der Waals surface area contributed by atoms with E-state index in [-0.39, 0.29) is 5.91 Å². The molecule has 3 aromatic rings. The van der Waals surface area contributed by atoms with E-state index in [1.807, 2.05) is 24.5 Å². The maximum absolute atomic E-state index is 12.3. The van der Waals surface area contributed by atoms with Gasteiger partial charge in [0, 0.05) is 10.5 Å². The van der Waals surface area contributed by atoms with Crippen LogP contribution in [0.5, 0.6) is 5.75 Å². The van der Waals surface area contributed by atoms with E-state index in [2.05, 4.69) is 10.3 Å². The molecule has 1 N–H and O–H groups in total. The van der Waals surface area contributed by atoms with Gasteiger partial charge in [0.05, 0.1) is 17.3 Å². The summed E-state index contributed by atoms with van der Waals surface area (Å²) in [7, 11) is 1.58. The fourth-order valence-electron chi connectivity index (χ4n) is 2.08. The fourth-order valence-corrected chi connectivity index (χ4v) is 3.59. The Morgan fingerprint density at radius 1 is 1.27 bits per heavy atom. The lowest BCUT2D eigenvalue weighted by Gasteiger charge is -2.04. The summed E-state index contributed by atoms with van der Waals surface area (Å²) in [5.41, 5.74) is 1.48. The summed E-state index contributed by atoms with van der Waals surface area (Å²) < 4.78 is 6.20. The van der Waals surface area contributed by atoms with Crippen molar-refractivity contribution in [3.8, 4) is 5.75 Å². The number of hydrogen-bond donors (Lipinski definition) is 1. The number of fused-ring (bicyclic) bond motifs is 1. The second kappa shape index (κ2) is 6.37. The first-order valence-electron chi connectivity index (χ1n) is 6.60. The molecule has 3 rings (SSSR count). The SMILES string of the molecule is COc1cccc(C(=O)Nc2nc3c(SC)cccc3s2)c1. The number of benzene rings is 2. The number of aromatic nitrogens is 1. The molecule has 1 amide bonds. The van der Waals surface area contributed by atoms with Crippen molar-refractivity contribution < 1.29 is 9.53 Å². The summed E-state index contributed by atoms with van der Waals surface area (Å²) in [6, 6.07) is 13.1. The highest BCUT2D eigenvalue weighted by Gasteiger charge is 2.12. The summed E-state index contributed by atoms with van der Waals surface area (Å²) in [4.78, 5) is 17.9. The Morgan fingerprint density at radius 2 is 2.09 bits per heavy atom. The molecule has 0 aliphatic rings. The molecule has 2 aromatic carbocycles. The van der Waals surface area contributed by atoms with Crippen molar-refractivity contribution in [2.45, 2.75) is 4.90 Å². The van der Waals surface area contributed by atoms with Crippen LogP contribution < -0.4 is 10.1 Å². The van der Waals surface area contributed by atoms with E-state index in [1.165, 1.54) is 11.3 Å². The molecule has 0 fully saturated rings. The third-order valence-corrected chi connectivity index (χ3v) is 4.86. The largest absolute Gasteiger partial charge is 0.497 e. The smallest absolute Gasteiger partial charge is 0.257 e. The van der Waals surface area contributed by atoms with Gasteiger partial charge in [0.15, 0.2) is 5.13 Å². The zero-order chi connectivity index (χ0) is 15.5. The highest BCUT2D eigenvalue weighted by atomic mass is 32.2. The third kappa shape index (κ3) is 2.93. The Hall–Kier alpha value is -2.05. The lowest BCUT2D eigenvalue weighted by atomic mass is 10.2. The molecule has 0 unspecified atom stereocenters. The lowest BCUT2D eigenvalue weighted by Crippen LogP contribution is -2.11. The Morgan fingerprint density at radius 3 is 2.86 bits per heavy atom. The van der Waals surface area contributed by atoms with Crippen LogP contribution >= 0.6 is 23.1 Å². The second-order valence-corrected chi connectivity index (χ2v) is 6.39. The first-order chi connectivity index (χ1) is 10.7. The van der Waals surface area contributed by atoms with Crippen LogP contribution in [0.4, 0.5) is 5.13 Å². The summed E-state index contributed by atoms with van der Waals surface area (Å²) in [6.45, 7) is 0. The van der Waals surface area contributed by atoms with Crippen LogP contribution in [0.2, 0.25) is 0 Å². The minimum atomic E-state index is -0.191. The Kier molecular flexibility index (Phi) is 4.31. The molecule has 0 radical (unpaired) electrons. The van der Waals surface area contributed by atoms with Crippen molar-refractivity contribution in [1.29, 1.82) is 0 Å². The standard InChI is InChI=1S/C16H14N2O2S2/c1-20-11-6-3-5-10(9-11)15(19)18-16-17-14-12(21-2)7-4-8-13(14)22-16/h3-9H,1-2H3,(H,17,18,19). The monoisotopic (exact) mass is 330 g/mol. The van der Waals surface area contributed by atoms with Crippen LogP contribution in [0.3, 0.4) is 0 Å². The molecule has 0 aliphatic carbocycles. The van der Waals surface area contributed by atoms with Crippen LogP contribution in [0, 0.1) is 0 Å². The van der Waals surface area contributed by atoms with E-state index in [9.17, 15) is 4.79 Å². The van der Waals surface area contributed by atoms with E-state index in [0.29, 0.717) is 16.4 Å². The number of carbonyl (C=O) groups excluding carboxylic acids is 1. The number of nitrogens with one attached hydrogen (secondary N) is 1. The van der Waals surface area contributed by atoms with Gasteiger partial charge in [-0.1, -0.05) is 23.5 Å². The van der Waals surface area contributed by atoms with Gasteiger partial charge in [-0.15, -0.1) is 11.8 Å². The number of hydrogen-bond acceptors (Lipinski definition) is 5. The number of ether oxygens (including phenoxy) is 1. The van der Waals surface area contributed by atoms with Crippen LogP contribution in [-0.2, 0) is 0 Å². The Balaban J connectivity index is 1.87. The fraction of sp³-hybridized carbons (Fsp3) is 0.125. The minimum absolute atomic E-state index is 0.191. The van der Waals surface area contributed by atoms with Gasteiger partial charge in [-0.05, 0) is 36.6 Å². The normalized spacial score (nSPS) is 10.6. The summed E-state index contributed by atoms with van der Waals surface area (Å²) >= 11 is 3.12. The zero-order valence-electron chi connectivity index (χ0n) is 12.1. The van der Waals surface area contributed by atoms with Gasteiger partial charge in [-0.25, -0.2) is 4.98 Å². The average molecular weight is 330 g/mol. The Labute approximate surface area is 136 Å². The van der Waals surface area contributed by atoms with E-state index in [1.54, 1.807) is 43.1 Å². The van der Waals surface area contributed by atoms with Crippen LogP contribution in [-0.4, -0.2) is 24.3 Å². The number of amides is 1. The number of thioether (sulfide) groups is 1. The van der Waals surface area contributed by atoms with Gasteiger partial charge in [0.25, 0.3) is 5.91 Å². The van der Waals surface area contributed by atoms with E-state index in [4.69, 9.17) is 4.74 Å². The number of para-hydroxylation sites is 1. The summed E-state index contributed by atoms with van der Waals surface area (Å²) in [6.07, 6.45) is 2.02. The molecule has 0 atom stereocenters. The molecule has 0 bridgehead atoms. The van der Waals surface area contributed by atoms with E-state index in [0.717, 1.165) is 15.1 Å². The first kappa shape index (κ1) is 14.9. The zero-order valence-corrected chi connectivity index (χ0v) is 13.8. The quantitative estimate of drug-likeness (QED) is 0.726. The molecule has 0 saturated heterocycles. The number of rotatable bonds is 4. The number of carbonyl (C=O) groups is 1. The van der Waals surface area contributed by atoms with E-state index >= 15 is 0 Å². The van der Waals surface area contributed by atoms with Gasteiger partial charge in [0.2, 0.25) is 0 Å². The summed E-state index contributed by atoms with van der Waals surface area (Å²) in [5, 5.41) is 3.46. The molecule has 1 aromatic heterocycles. The van der Waals surface area contributed by atoms with Crippen molar-refractivity contribution in [3.05, 3.63) is 48.0 Å². The highest BCUT2D eigenvalue weighted by molar-refractivity contribution is 7.98. The van der Waals surface area contributed by atoms with Crippen LogP contribution in [0.15, 0.2) is 47.4 Å². The molecular formula is C16H14N2O2S2. The molecule has 0 spiro atoms. The maximum Gasteiger partial charge on any atom is 0.257 e. The van der Waals surface area contributed by atoms with Gasteiger partial charge in [0.1, 0.15) is 5.75 Å². The molecule has 6 heteroatoms. The number of thiazole rings is 1. The Bertz CT molecular complexity index is 830. The summed E-state index contributed by atoms with van der Waals surface area (Å²) in [5.74, 6) is 0.463. The number of anilines is 1. The predicted octanol–water partition coefficient (Wildman–Crippen LogP) is 4.28. The molecule has 112 valence electrons. The molecule has 22 heavy (non-hydrogen) atoms. The van der Waals surface area contributed by atoms with Gasteiger partial charge in [-0.2, -0.15) is 0 Å². The van der Waals surface area contributed by atoms with Gasteiger partial charge >= 0.3 is 0 Å². The van der Waals surface area contributed by atoms with Crippen LogP contribution in [0.1, 0.15) is 10.4 Å². The van der Waals surface area contributed by atoms with Crippen LogP contribution in [0.25, 0.3) is 10.2 Å². The van der Waals surface area contributed by atoms with Crippen molar-refractivity contribution in [1.82, 2.24) is 4.98 Å². The molecular weight excluding hydrogens is 316 g/mol. The molecule has 4 nitrogen and oxygen atoms in total. The first-order valence-corrected chi connectivity index (χ1v) is 8.64. The molecule has 0 saturated carbocycles. The maximum atomic E-state index is 12.3. The van der Waals surface area contributed by atoms with Gasteiger partial charge in [-0.3, -0.25) is 10.1 Å². The lowest BCUT2D eigenvalue weighted by molar-refractivity contribution is 0.102. The minimum Gasteiger partial charge on any atom is -0.497 e. The topological polar surface area (TPSA) is 51.2 Å².